The molecule has 0 fully saturated rings. The first-order valence-electron chi connectivity index (χ1n) is 7.64. The summed E-state index contributed by atoms with van der Waals surface area (Å²) in [6.45, 7) is 8.22. The Labute approximate surface area is 150 Å². The summed E-state index contributed by atoms with van der Waals surface area (Å²) in [5.74, 6) is 1.32. The molecule has 0 aliphatic carbocycles. The molecule has 0 saturated carbocycles. The van der Waals surface area contributed by atoms with Gasteiger partial charge in [0.25, 0.3) is 0 Å². The number of hydrogen-bond acceptors (Lipinski definition) is 5. The lowest BCUT2D eigenvalue weighted by Gasteiger charge is -2.11. The molecule has 0 bridgehead atoms. The first kappa shape index (κ1) is 17.0. The molecule has 24 heavy (non-hydrogen) atoms. The van der Waals surface area contributed by atoms with Crippen molar-refractivity contribution < 1.29 is 4.52 Å². The average Bonchev–Trinajstić information content (AvgIpc) is 3.16. The summed E-state index contributed by atoms with van der Waals surface area (Å²) in [6.07, 6.45) is 3.70. The van der Waals surface area contributed by atoms with Crippen molar-refractivity contribution in [3.63, 3.8) is 0 Å². The van der Waals surface area contributed by atoms with Gasteiger partial charge in [0, 0.05) is 28.5 Å². The smallest absolute Gasteiger partial charge is 0.239 e. The molecule has 0 saturated heterocycles. The van der Waals surface area contributed by atoms with Crippen molar-refractivity contribution in [1.29, 1.82) is 0 Å². The van der Waals surface area contributed by atoms with Gasteiger partial charge in [-0.1, -0.05) is 49.3 Å². The largest absolute Gasteiger partial charge is 0.338 e. The lowest BCUT2D eigenvalue weighted by molar-refractivity contribution is 0.364. The fraction of sp³-hybridized carbons (Fsp3) is 0.353. The number of hydrogen-bond donors (Lipinski definition) is 0. The maximum absolute atomic E-state index is 5.96. The van der Waals surface area contributed by atoms with Crippen LogP contribution in [0.2, 0.25) is 5.02 Å². The Balaban J connectivity index is 1.80. The van der Waals surface area contributed by atoms with E-state index in [0.29, 0.717) is 16.7 Å². The summed E-state index contributed by atoms with van der Waals surface area (Å²) in [7, 11) is 0. The molecular formula is C17H19ClN4OS. The quantitative estimate of drug-likeness (QED) is 0.607. The van der Waals surface area contributed by atoms with E-state index in [1.165, 1.54) is 0 Å². The second-order valence-corrected chi connectivity index (χ2v) is 8.27. The van der Waals surface area contributed by atoms with E-state index in [9.17, 15) is 0 Å². The van der Waals surface area contributed by atoms with Gasteiger partial charge >= 0.3 is 0 Å². The first-order chi connectivity index (χ1) is 11.3. The summed E-state index contributed by atoms with van der Waals surface area (Å²) < 4.78 is 7.44. The molecule has 3 rings (SSSR count). The van der Waals surface area contributed by atoms with Gasteiger partial charge < -0.3 is 4.52 Å². The zero-order chi connectivity index (χ0) is 17.3. The van der Waals surface area contributed by atoms with Crippen LogP contribution in [0.3, 0.4) is 0 Å². The van der Waals surface area contributed by atoms with Crippen molar-refractivity contribution in [2.24, 2.45) is 0 Å². The monoisotopic (exact) mass is 362 g/mol. The Morgan fingerprint density at radius 1 is 1.21 bits per heavy atom. The van der Waals surface area contributed by atoms with E-state index in [4.69, 9.17) is 16.1 Å². The van der Waals surface area contributed by atoms with E-state index >= 15 is 0 Å². The lowest BCUT2D eigenvalue weighted by Crippen LogP contribution is -2.13. The molecule has 2 heterocycles. The molecule has 3 aromatic rings. The van der Waals surface area contributed by atoms with E-state index in [2.05, 4.69) is 35.9 Å². The molecule has 0 spiro atoms. The molecule has 1 atom stereocenters. The van der Waals surface area contributed by atoms with Gasteiger partial charge in [0.2, 0.25) is 5.89 Å². The maximum atomic E-state index is 5.96. The number of thioether (sulfide) groups is 1. The van der Waals surface area contributed by atoms with Gasteiger partial charge in [-0.3, -0.25) is 4.57 Å². The van der Waals surface area contributed by atoms with Crippen LogP contribution >= 0.6 is 23.4 Å². The summed E-state index contributed by atoms with van der Waals surface area (Å²) in [5.41, 5.74) is 0.876. The highest BCUT2D eigenvalue weighted by Crippen LogP contribution is 2.35. The number of halogens is 1. The maximum Gasteiger partial charge on any atom is 0.239 e. The van der Waals surface area contributed by atoms with Gasteiger partial charge in [0.1, 0.15) is 0 Å². The molecule has 0 N–H and O–H groups in total. The number of nitrogens with zero attached hydrogens (tertiary/aromatic N) is 4. The van der Waals surface area contributed by atoms with Crippen LogP contribution in [-0.2, 0) is 5.41 Å². The highest BCUT2D eigenvalue weighted by molar-refractivity contribution is 7.99. The third kappa shape index (κ3) is 3.65. The fourth-order valence-electron chi connectivity index (χ4n) is 2.09. The van der Waals surface area contributed by atoms with Crippen molar-refractivity contribution in [3.05, 3.63) is 53.4 Å². The molecule has 7 heteroatoms. The predicted molar refractivity (Wildman–Crippen MR) is 95.8 cm³/mol. The highest BCUT2D eigenvalue weighted by atomic mass is 35.5. The minimum Gasteiger partial charge on any atom is -0.338 e. The summed E-state index contributed by atoms with van der Waals surface area (Å²) in [6, 6.07) is 7.65. The second kappa shape index (κ2) is 6.61. The summed E-state index contributed by atoms with van der Waals surface area (Å²) in [4.78, 5) is 8.96. The summed E-state index contributed by atoms with van der Waals surface area (Å²) >= 11 is 7.53. The van der Waals surface area contributed by atoms with Gasteiger partial charge in [0.15, 0.2) is 11.0 Å². The van der Waals surface area contributed by atoms with Crippen molar-refractivity contribution in [1.82, 2.24) is 19.7 Å². The molecule has 126 valence electrons. The molecule has 0 amide bonds. The zero-order valence-corrected chi connectivity index (χ0v) is 15.6. The molecule has 0 unspecified atom stereocenters. The third-order valence-electron chi connectivity index (χ3n) is 3.45. The van der Waals surface area contributed by atoms with E-state index in [1.807, 2.05) is 42.0 Å². The van der Waals surface area contributed by atoms with Crippen molar-refractivity contribution in [2.45, 2.75) is 43.5 Å². The van der Waals surface area contributed by atoms with Gasteiger partial charge in [-0.2, -0.15) is 4.98 Å². The number of benzene rings is 1. The van der Waals surface area contributed by atoms with Crippen LogP contribution in [0.5, 0.6) is 0 Å². The lowest BCUT2D eigenvalue weighted by atomic mass is 9.96. The van der Waals surface area contributed by atoms with Crippen LogP contribution in [-0.4, -0.2) is 19.7 Å². The van der Waals surface area contributed by atoms with Crippen molar-refractivity contribution >= 4 is 23.4 Å². The summed E-state index contributed by atoms with van der Waals surface area (Å²) in [5, 5.41) is 5.66. The third-order valence-corrected chi connectivity index (χ3v) is 4.77. The molecule has 0 aliphatic rings. The highest BCUT2D eigenvalue weighted by Gasteiger charge is 2.24. The average molecular weight is 363 g/mol. The Bertz CT molecular complexity index is 820. The second-order valence-electron chi connectivity index (χ2n) is 6.52. The van der Waals surface area contributed by atoms with Crippen LogP contribution in [0.1, 0.15) is 44.7 Å². The SMILES string of the molecule is C[C@H](Sc1nccn1-c1ccc(Cl)cc1)c1nc(C(C)(C)C)no1. The van der Waals surface area contributed by atoms with Gasteiger partial charge in [-0.25, -0.2) is 4.98 Å². The van der Waals surface area contributed by atoms with E-state index in [0.717, 1.165) is 10.8 Å². The predicted octanol–water partition coefficient (Wildman–Crippen LogP) is 5.06. The number of aromatic nitrogens is 4. The Morgan fingerprint density at radius 2 is 1.92 bits per heavy atom. The van der Waals surface area contributed by atoms with Crippen LogP contribution in [0.4, 0.5) is 0 Å². The van der Waals surface area contributed by atoms with Crippen molar-refractivity contribution in [2.75, 3.05) is 0 Å². The fourth-order valence-corrected chi connectivity index (χ4v) is 3.13. The normalized spacial score (nSPS) is 13.2. The van der Waals surface area contributed by atoms with E-state index < -0.39 is 0 Å². The first-order valence-corrected chi connectivity index (χ1v) is 8.90. The topological polar surface area (TPSA) is 56.7 Å². The van der Waals surface area contributed by atoms with Gasteiger partial charge in [0.05, 0.1) is 5.25 Å². The van der Waals surface area contributed by atoms with Gasteiger partial charge in [-0.15, -0.1) is 0 Å². The van der Waals surface area contributed by atoms with Crippen LogP contribution in [0.15, 0.2) is 46.3 Å². The van der Waals surface area contributed by atoms with Crippen LogP contribution in [0, 0.1) is 0 Å². The Hall–Kier alpha value is -1.79. The molecule has 5 nitrogen and oxygen atoms in total. The minimum atomic E-state index is -0.131. The minimum absolute atomic E-state index is 0.00190. The van der Waals surface area contributed by atoms with Crippen LogP contribution < -0.4 is 0 Å². The van der Waals surface area contributed by atoms with E-state index in [1.54, 1.807) is 18.0 Å². The van der Waals surface area contributed by atoms with E-state index in [-0.39, 0.29) is 10.7 Å². The Morgan fingerprint density at radius 3 is 2.54 bits per heavy atom. The molecule has 2 aromatic heterocycles. The number of imidazole rings is 1. The number of rotatable bonds is 4. The molecular weight excluding hydrogens is 344 g/mol. The molecule has 1 aromatic carbocycles. The molecule has 0 aliphatic heterocycles. The van der Waals surface area contributed by atoms with Gasteiger partial charge in [-0.05, 0) is 31.2 Å². The zero-order valence-electron chi connectivity index (χ0n) is 14.0. The Kier molecular flexibility index (Phi) is 4.69. The van der Waals surface area contributed by atoms with Crippen LogP contribution in [0.25, 0.3) is 5.69 Å². The molecule has 0 radical (unpaired) electrons. The standard InChI is InChI=1S/C17H19ClN4OS/c1-11(14-20-15(21-23-14)17(2,3)4)24-16-19-9-10-22(16)13-7-5-12(18)6-8-13/h5-11H,1-4H3/t11-/m0/s1. The van der Waals surface area contributed by atoms with Crippen molar-refractivity contribution in [3.8, 4) is 5.69 Å².